The monoisotopic (exact) mass is 478 g/mol. The highest BCUT2D eigenvalue weighted by atomic mass is 16.5. The van der Waals surface area contributed by atoms with E-state index in [2.05, 4.69) is 11.9 Å². The minimum atomic E-state index is -0.792. The smallest absolute Gasteiger partial charge is 0.327 e. The van der Waals surface area contributed by atoms with Gasteiger partial charge in [0.25, 0.3) is 0 Å². The van der Waals surface area contributed by atoms with Crippen molar-refractivity contribution in [1.29, 1.82) is 0 Å². The highest BCUT2D eigenvalue weighted by molar-refractivity contribution is 6.03. The second-order valence-electron chi connectivity index (χ2n) is 8.83. The summed E-state index contributed by atoms with van der Waals surface area (Å²) in [6, 6.07) is 13.7. The Morgan fingerprint density at radius 1 is 1.11 bits per heavy atom. The van der Waals surface area contributed by atoms with Gasteiger partial charge in [0.15, 0.2) is 12.0 Å². The summed E-state index contributed by atoms with van der Waals surface area (Å²) < 4.78 is 11.1. The Bertz CT molecular complexity index is 1060. The van der Waals surface area contributed by atoms with Crippen LogP contribution < -0.4 is 10.1 Å². The van der Waals surface area contributed by atoms with Gasteiger partial charge in [-0.2, -0.15) is 0 Å². The molecular formula is C28H34N2O5. The number of hydrogen-bond acceptors (Lipinski definition) is 5. The third-order valence-electron chi connectivity index (χ3n) is 6.71. The molecule has 3 amide bonds. The van der Waals surface area contributed by atoms with Crippen molar-refractivity contribution in [2.24, 2.45) is 5.41 Å². The van der Waals surface area contributed by atoms with E-state index >= 15 is 0 Å². The first-order valence-electron chi connectivity index (χ1n) is 11.9. The van der Waals surface area contributed by atoms with Crippen molar-refractivity contribution < 1.29 is 23.9 Å². The van der Waals surface area contributed by atoms with E-state index in [-0.39, 0.29) is 24.3 Å². The number of imide groups is 1. The van der Waals surface area contributed by atoms with Gasteiger partial charge in [0.05, 0.1) is 6.04 Å². The van der Waals surface area contributed by atoms with Crippen LogP contribution in [0.15, 0.2) is 61.2 Å². The standard InChI is InChI=1S/C28H34N2O5/c1-6-9-23(20-12-10-19(4)11-13-20)29-27(33)30-25(32)28(7-2,8-3)26(30)35-22-16-14-21(15-17-22)24(31)18-34-5/h6,10-17,23,26H,1,7-9,18H2,2-5H3,(H,29,33). The van der Waals surface area contributed by atoms with E-state index in [1.54, 1.807) is 30.3 Å². The number of hydrogen-bond donors (Lipinski definition) is 1. The zero-order valence-electron chi connectivity index (χ0n) is 20.9. The van der Waals surface area contributed by atoms with Crippen molar-refractivity contribution in [1.82, 2.24) is 10.2 Å². The van der Waals surface area contributed by atoms with E-state index in [1.165, 1.54) is 12.0 Å². The van der Waals surface area contributed by atoms with Gasteiger partial charge in [0.2, 0.25) is 5.91 Å². The molecule has 0 bridgehead atoms. The SMILES string of the molecule is C=CCC(NC(=O)N1C(=O)C(CC)(CC)C1Oc1ccc(C(=O)COC)cc1)c1ccc(C)cc1. The molecule has 7 nitrogen and oxygen atoms in total. The van der Waals surface area contributed by atoms with Crippen LogP contribution in [0.1, 0.15) is 60.6 Å². The first-order valence-corrected chi connectivity index (χ1v) is 11.9. The molecule has 0 spiro atoms. The molecule has 0 saturated carbocycles. The fourth-order valence-corrected chi connectivity index (χ4v) is 4.42. The number of Topliss-reactive ketones (excluding diaryl/α,β-unsaturated/α-hetero) is 1. The van der Waals surface area contributed by atoms with Gasteiger partial charge in [-0.25, -0.2) is 9.69 Å². The number of nitrogens with one attached hydrogen (secondary N) is 1. The molecule has 1 heterocycles. The van der Waals surface area contributed by atoms with Crippen LogP contribution in [0.4, 0.5) is 4.79 Å². The van der Waals surface area contributed by atoms with Crippen LogP contribution in [-0.2, 0) is 9.53 Å². The molecule has 3 rings (SSSR count). The second-order valence-corrected chi connectivity index (χ2v) is 8.83. The minimum Gasteiger partial charge on any atom is -0.469 e. The van der Waals surface area contributed by atoms with E-state index < -0.39 is 17.7 Å². The number of likely N-dealkylation sites (tertiary alicyclic amines) is 1. The summed E-state index contributed by atoms with van der Waals surface area (Å²) in [6.07, 6.45) is 2.58. The van der Waals surface area contributed by atoms with E-state index in [0.29, 0.717) is 30.6 Å². The topological polar surface area (TPSA) is 84.9 Å². The summed E-state index contributed by atoms with van der Waals surface area (Å²) in [6.45, 7) is 9.65. The maximum absolute atomic E-state index is 13.3. The van der Waals surface area contributed by atoms with Crippen LogP contribution in [0.5, 0.6) is 5.75 Å². The normalized spacial score (nSPS) is 17.3. The third-order valence-corrected chi connectivity index (χ3v) is 6.71. The zero-order valence-corrected chi connectivity index (χ0v) is 20.9. The number of amides is 3. The lowest BCUT2D eigenvalue weighted by atomic mass is 9.72. The summed E-state index contributed by atoms with van der Waals surface area (Å²) in [7, 11) is 1.47. The molecule has 2 aromatic carbocycles. The minimum absolute atomic E-state index is 0.00703. The van der Waals surface area contributed by atoms with Gasteiger partial charge in [-0.05, 0) is 56.0 Å². The summed E-state index contributed by atoms with van der Waals surface area (Å²) in [5, 5.41) is 2.98. The number of aryl methyl sites for hydroxylation is 1. The first kappa shape index (κ1) is 26.2. The fourth-order valence-electron chi connectivity index (χ4n) is 4.42. The van der Waals surface area contributed by atoms with E-state index in [1.807, 2.05) is 45.0 Å². The molecule has 1 aliphatic heterocycles. The lowest BCUT2D eigenvalue weighted by Crippen LogP contribution is -2.73. The molecule has 1 saturated heterocycles. The van der Waals surface area contributed by atoms with E-state index in [0.717, 1.165) is 11.1 Å². The van der Waals surface area contributed by atoms with E-state index in [9.17, 15) is 14.4 Å². The van der Waals surface area contributed by atoms with Crippen LogP contribution in [0.25, 0.3) is 0 Å². The first-order chi connectivity index (χ1) is 16.8. The number of nitrogens with zero attached hydrogens (tertiary/aromatic N) is 1. The second kappa shape index (κ2) is 11.3. The zero-order chi connectivity index (χ0) is 25.6. The van der Waals surface area contributed by atoms with Gasteiger partial charge in [-0.3, -0.25) is 9.59 Å². The Morgan fingerprint density at radius 3 is 2.29 bits per heavy atom. The Kier molecular flexibility index (Phi) is 8.46. The Balaban J connectivity index is 1.82. The number of rotatable bonds is 11. The highest BCUT2D eigenvalue weighted by Gasteiger charge is 2.63. The van der Waals surface area contributed by atoms with Crippen molar-refractivity contribution in [3.8, 4) is 5.75 Å². The molecule has 1 fully saturated rings. The van der Waals surface area contributed by atoms with Crippen molar-refractivity contribution in [2.75, 3.05) is 13.7 Å². The summed E-state index contributed by atoms with van der Waals surface area (Å²) in [5.41, 5.74) is 1.76. The van der Waals surface area contributed by atoms with Crippen LogP contribution >= 0.6 is 0 Å². The summed E-state index contributed by atoms with van der Waals surface area (Å²) in [4.78, 5) is 39.8. The van der Waals surface area contributed by atoms with E-state index in [4.69, 9.17) is 9.47 Å². The maximum Gasteiger partial charge on any atom is 0.327 e. The molecule has 2 unspecified atom stereocenters. The van der Waals surface area contributed by atoms with Crippen molar-refractivity contribution in [2.45, 2.75) is 52.3 Å². The predicted octanol–water partition coefficient (Wildman–Crippen LogP) is 5.20. The van der Waals surface area contributed by atoms with Gasteiger partial charge in [-0.1, -0.05) is 49.8 Å². The van der Waals surface area contributed by atoms with Gasteiger partial charge < -0.3 is 14.8 Å². The molecule has 0 radical (unpaired) electrons. The number of ether oxygens (including phenoxy) is 2. The summed E-state index contributed by atoms with van der Waals surface area (Å²) >= 11 is 0. The lowest BCUT2D eigenvalue weighted by Gasteiger charge is -2.53. The molecular weight excluding hydrogens is 444 g/mol. The van der Waals surface area contributed by atoms with Gasteiger partial charge in [-0.15, -0.1) is 6.58 Å². The number of ketones is 1. The van der Waals surface area contributed by atoms with Crippen LogP contribution in [0, 0.1) is 12.3 Å². The Morgan fingerprint density at radius 2 is 1.74 bits per heavy atom. The Hall–Kier alpha value is -3.45. The number of methoxy groups -OCH3 is 1. The van der Waals surface area contributed by atoms with Gasteiger partial charge in [0, 0.05) is 12.7 Å². The molecule has 0 aromatic heterocycles. The number of urea groups is 1. The van der Waals surface area contributed by atoms with Crippen molar-refractivity contribution in [3.63, 3.8) is 0 Å². The quantitative estimate of drug-likeness (QED) is 0.272. The largest absolute Gasteiger partial charge is 0.469 e. The van der Waals surface area contributed by atoms with Crippen LogP contribution in [0.2, 0.25) is 0 Å². The number of carbonyl (C=O) groups is 3. The fraction of sp³-hybridized carbons (Fsp3) is 0.393. The molecule has 1 N–H and O–H groups in total. The molecule has 1 aliphatic rings. The number of β-lactam (4-membered cyclic amide) rings is 1. The molecule has 0 aliphatic carbocycles. The van der Waals surface area contributed by atoms with Gasteiger partial charge >= 0.3 is 6.03 Å². The predicted molar refractivity (Wildman–Crippen MR) is 134 cm³/mol. The average molecular weight is 479 g/mol. The highest BCUT2D eigenvalue weighted by Crippen LogP contribution is 2.46. The molecule has 35 heavy (non-hydrogen) atoms. The molecule has 7 heteroatoms. The molecule has 186 valence electrons. The van der Waals surface area contributed by atoms with Crippen molar-refractivity contribution >= 4 is 17.7 Å². The molecule has 2 atom stereocenters. The van der Waals surface area contributed by atoms with Crippen molar-refractivity contribution in [3.05, 3.63) is 77.9 Å². The maximum atomic E-state index is 13.3. The summed E-state index contributed by atoms with van der Waals surface area (Å²) in [5.74, 6) is 0.0829. The van der Waals surface area contributed by atoms with Crippen LogP contribution in [-0.4, -0.2) is 42.6 Å². The third kappa shape index (κ3) is 5.30. The number of carbonyl (C=O) groups excluding carboxylic acids is 3. The van der Waals surface area contributed by atoms with Gasteiger partial charge in [0.1, 0.15) is 17.8 Å². The molecule has 2 aromatic rings. The lowest BCUT2D eigenvalue weighted by molar-refractivity contribution is -0.190. The van der Waals surface area contributed by atoms with Crippen LogP contribution in [0.3, 0.4) is 0 Å². The number of benzene rings is 2. The Labute approximate surface area is 207 Å². The average Bonchev–Trinajstić information content (AvgIpc) is 2.85.